The van der Waals surface area contributed by atoms with Gasteiger partial charge in [-0.1, -0.05) is 18.2 Å². The first-order valence-electron chi connectivity index (χ1n) is 12.5. The second-order valence-corrected chi connectivity index (χ2v) is 8.83. The molecule has 0 saturated carbocycles. The average Bonchev–Trinajstić information content (AvgIpc) is 3.39. The Morgan fingerprint density at radius 3 is 2.40 bits per heavy atom. The molecule has 0 radical (unpaired) electrons. The predicted molar refractivity (Wildman–Crippen MR) is 146 cm³/mol. The minimum atomic E-state index is -0.680. The summed E-state index contributed by atoms with van der Waals surface area (Å²) >= 11 is 0. The molecule has 0 atom stereocenters. The van der Waals surface area contributed by atoms with Crippen LogP contribution in [0.5, 0.6) is 5.75 Å². The van der Waals surface area contributed by atoms with Crippen LogP contribution in [-0.2, 0) is 23.9 Å². The fourth-order valence-electron chi connectivity index (χ4n) is 4.17. The van der Waals surface area contributed by atoms with Gasteiger partial charge in [-0.05, 0) is 55.0 Å². The van der Waals surface area contributed by atoms with E-state index in [0.29, 0.717) is 17.0 Å². The third-order valence-electron chi connectivity index (χ3n) is 6.24. The molecule has 3 aromatic rings. The van der Waals surface area contributed by atoms with Crippen LogP contribution >= 0.6 is 0 Å². The van der Waals surface area contributed by atoms with Gasteiger partial charge in [0.05, 0.1) is 38.2 Å². The average molecular weight is 541 g/mol. The maximum Gasteiger partial charge on any atom is 0.302 e. The van der Waals surface area contributed by atoms with E-state index in [0.717, 1.165) is 16.2 Å². The highest BCUT2D eigenvalue weighted by atomic mass is 16.6. The van der Waals surface area contributed by atoms with Gasteiger partial charge in [-0.25, -0.2) is 4.68 Å². The van der Waals surface area contributed by atoms with Crippen LogP contribution in [0.4, 0.5) is 0 Å². The van der Waals surface area contributed by atoms with Crippen molar-refractivity contribution in [3.63, 3.8) is 0 Å². The third-order valence-corrected chi connectivity index (χ3v) is 6.24. The molecule has 40 heavy (non-hydrogen) atoms. The lowest BCUT2D eigenvalue weighted by Gasteiger charge is -2.27. The molecule has 4 rings (SSSR count). The minimum absolute atomic E-state index is 0.0207. The van der Waals surface area contributed by atoms with Crippen LogP contribution in [0.3, 0.4) is 0 Å². The van der Waals surface area contributed by atoms with Crippen molar-refractivity contribution >= 4 is 23.9 Å². The molecule has 0 saturated heterocycles. The van der Waals surface area contributed by atoms with Crippen LogP contribution in [0.2, 0.25) is 0 Å². The molecule has 10 nitrogen and oxygen atoms in total. The Bertz CT molecular complexity index is 1510. The highest BCUT2D eigenvalue weighted by Gasteiger charge is 2.35. The number of para-hydroxylation sites is 1. The topological polar surface area (TPSA) is 124 Å². The molecule has 1 aromatic heterocycles. The standard InChI is InChI=1S/C30H28N4O6/c1-20-26(29(36)33(30(37)27(20)18-31)13-14-39-15-16-40-21(2)35)17-23-19-34(24-7-5-4-6-8-24)32-28(23)22-9-11-25(38-3)12-10-22/h4-12,17,19H,13-16H2,1-3H3/b26-17+. The largest absolute Gasteiger partial charge is 0.497 e. The van der Waals surface area contributed by atoms with E-state index in [-0.39, 0.29) is 43.1 Å². The summed E-state index contributed by atoms with van der Waals surface area (Å²) in [5.41, 5.74) is 3.23. The van der Waals surface area contributed by atoms with Crippen LogP contribution < -0.4 is 4.74 Å². The van der Waals surface area contributed by atoms with E-state index in [4.69, 9.17) is 19.3 Å². The number of benzene rings is 2. The zero-order valence-electron chi connectivity index (χ0n) is 22.4. The van der Waals surface area contributed by atoms with Crippen LogP contribution in [-0.4, -0.2) is 65.9 Å². The van der Waals surface area contributed by atoms with E-state index < -0.39 is 17.8 Å². The molecular weight excluding hydrogens is 512 g/mol. The van der Waals surface area contributed by atoms with E-state index in [1.807, 2.05) is 60.7 Å². The first kappa shape index (κ1) is 28.0. The molecule has 1 aliphatic heterocycles. The molecule has 204 valence electrons. The van der Waals surface area contributed by atoms with Gasteiger partial charge in [0.25, 0.3) is 11.8 Å². The van der Waals surface area contributed by atoms with Crippen LogP contribution in [0.15, 0.2) is 77.5 Å². The second-order valence-electron chi connectivity index (χ2n) is 8.83. The number of methoxy groups -OCH3 is 1. The van der Waals surface area contributed by atoms with Crippen molar-refractivity contribution in [1.29, 1.82) is 5.26 Å². The number of aromatic nitrogens is 2. The second kappa shape index (κ2) is 12.7. The van der Waals surface area contributed by atoms with Crippen LogP contribution in [0.1, 0.15) is 19.4 Å². The van der Waals surface area contributed by atoms with E-state index >= 15 is 0 Å². The number of imide groups is 1. The van der Waals surface area contributed by atoms with E-state index in [9.17, 15) is 19.6 Å². The summed E-state index contributed by atoms with van der Waals surface area (Å²) in [7, 11) is 1.59. The van der Waals surface area contributed by atoms with Crippen LogP contribution in [0.25, 0.3) is 23.0 Å². The molecule has 0 N–H and O–H groups in total. The van der Waals surface area contributed by atoms with Crippen molar-refractivity contribution in [1.82, 2.24) is 14.7 Å². The highest BCUT2D eigenvalue weighted by Crippen LogP contribution is 2.31. The maximum absolute atomic E-state index is 13.6. The van der Waals surface area contributed by atoms with Gasteiger partial charge < -0.3 is 14.2 Å². The molecule has 2 aromatic carbocycles. The van der Waals surface area contributed by atoms with Crippen molar-refractivity contribution < 1.29 is 28.6 Å². The summed E-state index contributed by atoms with van der Waals surface area (Å²) in [6.07, 6.45) is 3.45. The Kier molecular flexibility index (Phi) is 8.89. The number of carbonyl (C=O) groups excluding carboxylic acids is 3. The zero-order valence-corrected chi connectivity index (χ0v) is 22.4. The number of carbonyl (C=O) groups is 3. The predicted octanol–water partition coefficient (Wildman–Crippen LogP) is 3.72. The quantitative estimate of drug-likeness (QED) is 0.165. The van der Waals surface area contributed by atoms with E-state index in [1.165, 1.54) is 6.92 Å². The highest BCUT2D eigenvalue weighted by molar-refractivity contribution is 6.19. The smallest absolute Gasteiger partial charge is 0.302 e. The Hall–Kier alpha value is -5.01. The summed E-state index contributed by atoms with van der Waals surface area (Å²) in [6, 6.07) is 18.9. The molecule has 0 unspecified atom stereocenters. The van der Waals surface area contributed by atoms with E-state index in [2.05, 4.69) is 0 Å². The molecule has 1 aliphatic rings. The van der Waals surface area contributed by atoms with Gasteiger partial charge in [0.2, 0.25) is 0 Å². The number of nitriles is 1. The molecule has 0 fully saturated rings. The van der Waals surface area contributed by atoms with Gasteiger partial charge in [-0.2, -0.15) is 10.4 Å². The lowest BCUT2D eigenvalue weighted by Crippen LogP contribution is -2.44. The fraction of sp³-hybridized carbons (Fsp3) is 0.233. The molecule has 0 bridgehead atoms. The van der Waals surface area contributed by atoms with Crippen molar-refractivity contribution in [3.05, 3.63) is 83.1 Å². The number of hydrogen-bond acceptors (Lipinski definition) is 8. The first-order valence-corrected chi connectivity index (χ1v) is 12.5. The van der Waals surface area contributed by atoms with Gasteiger partial charge in [-0.15, -0.1) is 0 Å². The molecule has 0 spiro atoms. The zero-order chi connectivity index (χ0) is 28.6. The number of amides is 2. The van der Waals surface area contributed by atoms with Gasteiger partial charge in [0, 0.05) is 29.8 Å². The normalized spacial score (nSPS) is 14.4. The van der Waals surface area contributed by atoms with Gasteiger partial charge in [-0.3, -0.25) is 19.3 Å². The first-order chi connectivity index (χ1) is 19.3. The minimum Gasteiger partial charge on any atom is -0.497 e. The summed E-state index contributed by atoms with van der Waals surface area (Å²) in [5, 5.41) is 14.5. The Morgan fingerprint density at radius 2 is 1.75 bits per heavy atom. The lowest BCUT2D eigenvalue weighted by atomic mass is 9.93. The van der Waals surface area contributed by atoms with Gasteiger partial charge in [0.15, 0.2) is 0 Å². The number of ether oxygens (including phenoxy) is 3. The third kappa shape index (κ3) is 6.17. The maximum atomic E-state index is 13.6. The molecule has 2 heterocycles. The number of rotatable bonds is 10. The molecule has 0 aliphatic carbocycles. The lowest BCUT2D eigenvalue weighted by molar-refractivity contribution is -0.142. The van der Waals surface area contributed by atoms with Crippen LogP contribution in [0, 0.1) is 11.3 Å². The van der Waals surface area contributed by atoms with E-state index in [1.54, 1.807) is 31.0 Å². The number of hydrogen-bond donors (Lipinski definition) is 0. The van der Waals surface area contributed by atoms with Crippen molar-refractivity contribution in [3.8, 4) is 28.8 Å². The summed E-state index contributed by atoms with van der Waals surface area (Å²) in [6.45, 7) is 3.00. The molecule has 2 amide bonds. The Balaban J connectivity index is 1.71. The Labute approximate surface area is 231 Å². The monoisotopic (exact) mass is 540 g/mol. The fourth-order valence-corrected chi connectivity index (χ4v) is 4.17. The summed E-state index contributed by atoms with van der Waals surface area (Å²) in [4.78, 5) is 38.4. The molecule has 10 heteroatoms. The number of nitrogens with zero attached hydrogens (tertiary/aromatic N) is 4. The summed E-state index contributed by atoms with van der Waals surface area (Å²) < 4.78 is 17.2. The van der Waals surface area contributed by atoms with Crippen molar-refractivity contribution in [2.24, 2.45) is 0 Å². The Morgan fingerprint density at radius 1 is 1.02 bits per heavy atom. The van der Waals surface area contributed by atoms with Crippen molar-refractivity contribution in [2.45, 2.75) is 13.8 Å². The van der Waals surface area contributed by atoms with Gasteiger partial charge in [0.1, 0.15) is 24.0 Å². The summed E-state index contributed by atoms with van der Waals surface area (Å²) in [5.74, 6) is -0.960. The SMILES string of the molecule is COc1ccc(-c2nn(-c3ccccc3)cc2/C=C2/C(=O)N(CCOCCOC(C)=O)C(=O)C(C#N)=C2C)cc1. The van der Waals surface area contributed by atoms with Gasteiger partial charge >= 0.3 is 5.97 Å². The number of esters is 1. The molecular formula is C30H28N4O6. The van der Waals surface area contributed by atoms with Crippen molar-refractivity contribution in [2.75, 3.05) is 33.5 Å².